The maximum Gasteiger partial charge on any atom is 0.170 e. The normalized spacial score (nSPS) is 12.1. The molecular weight excluding hydrogens is 228 g/mol. The van der Waals surface area contributed by atoms with E-state index in [4.69, 9.17) is 5.73 Å². The van der Waals surface area contributed by atoms with E-state index in [0.717, 1.165) is 0 Å². The zero-order chi connectivity index (χ0) is 13.0. The highest BCUT2D eigenvalue weighted by Crippen LogP contribution is 2.17. The summed E-state index contributed by atoms with van der Waals surface area (Å²) in [6.07, 6.45) is 2.07. The first-order chi connectivity index (χ1) is 8.68. The lowest BCUT2D eigenvalue weighted by Gasteiger charge is -2.10. The highest BCUT2D eigenvalue weighted by Gasteiger charge is 2.18. The van der Waals surface area contributed by atoms with Crippen LogP contribution >= 0.6 is 0 Å². The number of hydrogen-bond acceptors (Lipinski definition) is 4. The average molecular weight is 242 g/mol. The fraction of sp³-hybridized carbons (Fsp3) is 0.143. The van der Waals surface area contributed by atoms with Gasteiger partial charge in [0.15, 0.2) is 5.78 Å². The van der Waals surface area contributed by atoms with Crippen LogP contribution in [0.4, 0.5) is 5.69 Å². The molecule has 0 fully saturated rings. The predicted molar refractivity (Wildman–Crippen MR) is 68.8 cm³/mol. The number of rotatable bonds is 4. The summed E-state index contributed by atoms with van der Waals surface area (Å²) in [7, 11) is 0. The first kappa shape index (κ1) is 12.3. The average Bonchev–Trinajstić information content (AvgIpc) is 2.41. The molecule has 0 aliphatic heterocycles. The summed E-state index contributed by atoms with van der Waals surface area (Å²) in [5.41, 5.74) is 7.47. The Morgan fingerprint density at radius 2 is 2.00 bits per heavy atom. The standard InChI is InChI=1S/C14H14N2O2/c15-12-6-7-16-9-11(12)8-13(17)14(18)10-4-2-1-3-5-10/h1-7,9,14,18H,8H2,(H2,15,16). The number of anilines is 1. The zero-order valence-electron chi connectivity index (χ0n) is 9.78. The monoisotopic (exact) mass is 242 g/mol. The van der Waals surface area contributed by atoms with E-state index in [1.54, 1.807) is 42.7 Å². The maximum atomic E-state index is 11.9. The number of nitrogen functional groups attached to an aromatic ring is 1. The van der Waals surface area contributed by atoms with Crippen molar-refractivity contribution in [3.8, 4) is 0 Å². The van der Waals surface area contributed by atoms with Gasteiger partial charge in [-0.2, -0.15) is 0 Å². The summed E-state index contributed by atoms with van der Waals surface area (Å²) in [5, 5.41) is 9.93. The van der Waals surface area contributed by atoms with Gasteiger partial charge in [-0.1, -0.05) is 30.3 Å². The molecule has 0 spiro atoms. The van der Waals surface area contributed by atoms with Crippen LogP contribution in [0, 0.1) is 0 Å². The number of pyridine rings is 1. The third-order valence-corrected chi connectivity index (χ3v) is 2.73. The number of carbonyl (C=O) groups excluding carboxylic acids is 1. The highest BCUT2D eigenvalue weighted by atomic mass is 16.3. The van der Waals surface area contributed by atoms with Crippen molar-refractivity contribution in [3.63, 3.8) is 0 Å². The van der Waals surface area contributed by atoms with E-state index in [-0.39, 0.29) is 12.2 Å². The smallest absolute Gasteiger partial charge is 0.170 e. The number of hydrogen-bond donors (Lipinski definition) is 2. The second kappa shape index (κ2) is 5.42. The molecule has 1 aromatic heterocycles. The quantitative estimate of drug-likeness (QED) is 0.852. The Kier molecular flexibility index (Phi) is 3.69. The van der Waals surface area contributed by atoms with Gasteiger partial charge in [-0.05, 0) is 11.6 Å². The van der Waals surface area contributed by atoms with Gasteiger partial charge in [0.2, 0.25) is 0 Å². The van der Waals surface area contributed by atoms with Crippen molar-refractivity contribution in [1.82, 2.24) is 4.98 Å². The molecule has 3 N–H and O–H groups in total. The Balaban J connectivity index is 2.12. The van der Waals surface area contributed by atoms with E-state index in [1.165, 1.54) is 0 Å². The lowest BCUT2D eigenvalue weighted by molar-refractivity contribution is -0.126. The largest absolute Gasteiger partial charge is 0.398 e. The van der Waals surface area contributed by atoms with Crippen LogP contribution in [0.2, 0.25) is 0 Å². The van der Waals surface area contributed by atoms with Crippen LogP contribution < -0.4 is 5.73 Å². The minimum absolute atomic E-state index is 0.0791. The number of nitrogens with zero attached hydrogens (tertiary/aromatic N) is 1. The number of aliphatic hydroxyl groups excluding tert-OH is 1. The van der Waals surface area contributed by atoms with Gasteiger partial charge in [-0.15, -0.1) is 0 Å². The summed E-state index contributed by atoms with van der Waals surface area (Å²) in [4.78, 5) is 15.8. The van der Waals surface area contributed by atoms with Crippen LogP contribution in [0.1, 0.15) is 17.2 Å². The van der Waals surface area contributed by atoms with Crippen molar-refractivity contribution in [2.24, 2.45) is 0 Å². The van der Waals surface area contributed by atoms with Crippen molar-refractivity contribution >= 4 is 11.5 Å². The molecule has 0 aliphatic carbocycles. The predicted octanol–water partition coefficient (Wildman–Crippen LogP) is 1.51. The van der Waals surface area contributed by atoms with E-state index in [0.29, 0.717) is 16.8 Å². The fourth-order valence-corrected chi connectivity index (χ4v) is 1.69. The van der Waals surface area contributed by atoms with Crippen molar-refractivity contribution in [2.45, 2.75) is 12.5 Å². The number of benzene rings is 1. The minimum atomic E-state index is -1.12. The molecule has 0 radical (unpaired) electrons. The van der Waals surface area contributed by atoms with Crippen LogP contribution in [-0.4, -0.2) is 15.9 Å². The van der Waals surface area contributed by atoms with E-state index >= 15 is 0 Å². The second-order valence-corrected chi connectivity index (χ2v) is 4.03. The Labute approximate surface area is 105 Å². The summed E-state index contributed by atoms with van der Waals surface area (Å²) in [6.45, 7) is 0. The van der Waals surface area contributed by atoms with E-state index in [9.17, 15) is 9.90 Å². The summed E-state index contributed by atoms with van der Waals surface area (Å²) >= 11 is 0. The lowest BCUT2D eigenvalue weighted by Crippen LogP contribution is -2.15. The van der Waals surface area contributed by atoms with Crippen LogP contribution in [0.25, 0.3) is 0 Å². The van der Waals surface area contributed by atoms with Gasteiger partial charge in [0.1, 0.15) is 6.10 Å². The first-order valence-corrected chi connectivity index (χ1v) is 5.62. The van der Waals surface area contributed by atoms with Gasteiger partial charge in [0.05, 0.1) is 0 Å². The molecule has 0 saturated carbocycles. The Hall–Kier alpha value is -2.20. The Bertz CT molecular complexity index is 541. The lowest BCUT2D eigenvalue weighted by atomic mass is 10.0. The van der Waals surface area contributed by atoms with E-state index in [2.05, 4.69) is 4.98 Å². The Morgan fingerprint density at radius 3 is 2.67 bits per heavy atom. The van der Waals surface area contributed by atoms with Crippen LogP contribution in [0.3, 0.4) is 0 Å². The number of carbonyl (C=O) groups is 1. The van der Waals surface area contributed by atoms with Crippen LogP contribution in [-0.2, 0) is 11.2 Å². The topological polar surface area (TPSA) is 76.2 Å². The van der Waals surface area contributed by atoms with E-state index in [1.807, 2.05) is 6.07 Å². The van der Waals surface area contributed by atoms with Gasteiger partial charge in [0.25, 0.3) is 0 Å². The molecule has 1 atom stereocenters. The molecule has 0 bridgehead atoms. The van der Waals surface area contributed by atoms with Crippen molar-refractivity contribution < 1.29 is 9.90 Å². The molecular formula is C14H14N2O2. The SMILES string of the molecule is Nc1ccncc1CC(=O)C(O)c1ccccc1. The third-order valence-electron chi connectivity index (χ3n) is 2.73. The molecule has 4 nitrogen and oxygen atoms in total. The second-order valence-electron chi connectivity index (χ2n) is 4.03. The van der Waals surface area contributed by atoms with Crippen molar-refractivity contribution in [2.75, 3.05) is 5.73 Å². The molecule has 1 heterocycles. The number of aliphatic hydroxyl groups is 1. The van der Waals surface area contributed by atoms with Gasteiger partial charge in [-0.3, -0.25) is 9.78 Å². The number of Topliss-reactive ketones (excluding diaryl/α,β-unsaturated/α-hetero) is 1. The first-order valence-electron chi connectivity index (χ1n) is 5.62. The molecule has 0 amide bonds. The number of nitrogens with two attached hydrogens (primary N) is 1. The molecule has 0 saturated heterocycles. The molecule has 1 unspecified atom stereocenters. The molecule has 18 heavy (non-hydrogen) atoms. The molecule has 92 valence electrons. The van der Waals surface area contributed by atoms with Gasteiger partial charge in [0, 0.05) is 30.1 Å². The van der Waals surface area contributed by atoms with E-state index < -0.39 is 6.10 Å². The van der Waals surface area contributed by atoms with Crippen molar-refractivity contribution in [3.05, 3.63) is 59.9 Å². The molecule has 4 heteroatoms. The van der Waals surface area contributed by atoms with Gasteiger partial charge < -0.3 is 10.8 Å². The van der Waals surface area contributed by atoms with Gasteiger partial charge >= 0.3 is 0 Å². The molecule has 1 aromatic carbocycles. The van der Waals surface area contributed by atoms with Crippen LogP contribution in [0.15, 0.2) is 48.8 Å². The number of aromatic nitrogens is 1. The number of ketones is 1. The summed E-state index contributed by atoms with van der Waals surface area (Å²) in [5.74, 6) is -0.291. The third kappa shape index (κ3) is 2.73. The highest BCUT2D eigenvalue weighted by molar-refractivity contribution is 5.87. The maximum absolute atomic E-state index is 11.9. The Morgan fingerprint density at radius 1 is 1.28 bits per heavy atom. The molecule has 2 aromatic rings. The minimum Gasteiger partial charge on any atom is -0.398 e. The van der Waals surface area contributed by atoms with Crippen LogP contribution in [0.5, 0.6) is 0 Å². The molecule has 2 rings (SSSR count). The summed E-state index contributed by atoms with van der Waals surface area (Å²) in [6, 6.07) is 10.5. The van der Waals surface area contributed by atoms with Crippen molar-refractivity contribution in [1.29, 1.82) is 0 Å². The zero-order valence-corrected chi connectivity index (χ0v) is 9.78. The summed E-state index contributed by atoms with van der Waals surface area (Å²) < 4.78 is 0. The molecule has 0 aliphatic rings. The fourth-order valence-electron chi connectivity index (χ4n) is 1.69. The van der Waals surface area contributed by atoms with Gasteiger partial charge in [-0.25, -0.2) is 0 Å².